The zero-order valence-electron chi connectivity index (χ0n) is 11.0. The molecule has 1 rings (SSSR count). The molecule has 92 valence electrons. The zero-order chi connectivity index (χ0) is 13.4. The van der Waals surface area contributed by atoms with Crippen LogP contribution in [0.3, 0.4) is 0 Å². The molecule has 0 atom stereocenters. The number of allylic oxidation sites excluding steroid dienone is 4. The number of benzene rings is 1. The van der Waals surface area contributed by atoms with Gasteiger partial charge >= 0.3 is 0 Å². The van der Waals surface area contributed by atoms with Gasteiger partial charge in [-0.05, 0) is 18.1 Å². The highest BCUT2D eigenvalue weighted by Crippen LogP contribution is 2.07. The Morgan fingerprint density at radius 2 is 1.89 bits per heavy atom. The van der Waals surface area contributed by atoms with E-state index in [0.29, 0.717) is 0 Å². The highest BCUT2D eigenvalue weighted by Gasteiger charge is 1.99. The molecule has 0 aliphatic heterocycles. The average molecular weight is 238 g/mol. The molecule has 1 nitrogen and oxygen atoms in total. The molecule has 0 spiro atoms. The van der Waals surface area contributed by atoms with E-state index in [1.54, 1.807) is 0 Å². The number of hydrogen-bond donors (Lipinski definition) is 0. The van der Waals surface area contributed by atoms with Crippen LogP contribution in [-0.2, 0) is 6.54 Å². The Balaban J connectivity index is 2.64. The van der Waals surface area contributed by atoms with Crippen LogP contribution >= 0.6 is 0 Å². The molecule has 18 heavy (non-hydrogen) atoms. The second-order valence-corrected chi connectivity index (χ2v) is 4.00. The van der Waals surface area contributed by atoms with Crippen molar-refractivity contribution in [2.24, 2.45) is 0 Å². The van der Waals surface area contributed by atoms with Gasteiger partial charge in [0.15, 0.2) is 12.7 Å². The van der Waals surface area contributed by atoms with Crippen LogP contribution in [0.2, 0.25) is 0 Å². The molecule has 0 heterocycles. The van der Waals surface area contributed by atoms with E-state index in [-0.39, 0.29) is 0 Å². The first kappa shape index (κ1) is 13.9. The second kappa shape index (κ2) is 7.23. The summed E-state index contributed by atoms with van der Waals surface area (Å²) in [6.45, 7) is 14.2. The van der Waals surface area contributed by atoms with Crippen LogP contribution in [0.4, 0.5) is 0 Å². The van der Waals surface area contributed by atoms with Crippen LogP contribution < -0.4 is 0 Å². The van der Waals surface area contributed by atoms with Crippen molar-refractivity contribution in [1.29, 1.82) is 0 Å². The first-order valence-electron chi connectivity index (χ1n) is 5.95. The molecule has 0 aromatic heterocycles. The van der Waals surface area contributed by atoms with E-state index in [1.165, 1.54) is 5.56 Å². The summed E-state index contributed by atoms with van der Waals surface area (Å²) in [5.74, 6) is 0. The lowest BCUT2D eigenvalue weighted by molar-refractivity contribution is -0.465. The molecular formula is C17H20N+. The third-order valence-corrected chi connectivity index (χ3v) is 2.65. The molecule has 0 amide bonds. The minimum Gasteiger partial charge on any atom is -0.207 e. The van der Waals surface area contributed by atoms with Gasteiger partial charge in [-0.3, -0.25) is 0 Å². The highest BCUT2D eigenvalue weighted by atomic mass is 14.9. The summed E-state index contributed by atoms with van der Waals surface area (Å²) in [4.78, 5) is 0. The summed E-state index contributed by atoms with van der Waals surface area (Å²) in [5, 5.41) is 0. The lowest BCUT2D eigenvalue weighted by atomic mass is 10.1. The van der Waals surface area contributed by atoms with Gasteiger partial charge < -0.3 is 0 Å². The Kier molecular flexibility index (Phi) is 5.59. The molecule has 0 N–H and O–H groups in total. The normalized spacial score (nSPS) is 11.5. The van der Waals surface area contributed by atoms with Gasteiger partial charge in [0.05, 0.1) is 0 Å². The van der Waals surface area contributed by atoms with Crippen molar-refractivity contribution in [2.75, 3.05) is 0 Å². The van der Waals surface area contributed by atoms with Gasteiger partial charge in [-0.25, -0.2) is 4.58 Å². The van der Waals surface area contributed by atoms with E-state index in [9.17, 15) is 0 Å². The number of rotatable bonds is 6. The van der Waals surface area contributed by atoms with Crippen LogP contribution in [0.5, 0.6) is 0 Å². The molecule has 0 radical (unpaired) electrons. The number of nitrogens with zero attached hydrogens (tertiary/aromatic N) is 1. The minimum atomic E-state index is 0.780. The topological polar surface area (TPSA) is 3.01 Å². The van der Waals surface area contributed by atoms with Crippen LogP contribution in [0.15, 0.2) is 67.4 Å². The van der Waals surface area contributed by atoms with E-state index < -0.39 is 0 Å². The van der Waals surface area contributed by atoms with Gasteiger partial charge in [0.2, 0.25) is 0 Å². The fourth-order valence-corrected chi connectivity index (χ4v) is 1.52. The summed E-state index contributed by atoms with van der Waals surface area (Å²) in [5.41, 5.74) is 3.44. The van der Waals surface area contributed by atoms with Crippen molar-refractivity contribution in [3.8, 4) is 0 Å². The van der Waals surface area contributed by atoms with E-state index >= 15 is 0 Å². The Morgan fingerprint density at radius 3 is 2.39 bits per heavy atom. The standard InChI is InChI=1S/C17H20N/c1-5-15(6-2)12-13-18(4)14-17-10-8-16(7-3)9-11-17/h5-13H,1,3-4,14H2,2H3/q+1/b13-12-,15-6-. The van der Waals surface area contributed by atoms with Crippen LogP contribution in [0.25, 0.3) is 6.08 Å². The highest BCUT2D eigenvalue weighted by molar-refractivity contribution is 5.47. The SMILES string of the molecule is C=CC(/C=C\[N+](=C)Cc1ccc(C=C)cc1)=C/C. The summed E-state index contributed by atoms with van der Waals surface area (Å²) >= 11 is 0. The molecule has 0 bridgehead atoms. The molecule has 0 saturated heterocycles. The molecule has 0 aliphatic rings. The Hall–Kier alpha value is -2.15. The van der Waals surface area contributed by atoms with Crippen molar-refractivity contribution < 1.29 is 4.58 Å². The van der Waals surface area contributed by atoms with E-state index in [4.69, 9.17) is 0 Å². The molecule has 1 heteroatoms. The van der Waals surface area contributed by atoms with Crippen molar-refractivity contribution in [3.05, 3.63) is 78.6 Å². The predicted molar refractivity (Wildman–Crippen MR) is 80.7 cm³/mol. The quantitative estimate of drug-likeness (QED) is 0.397. The molecule has 1 aromatic carbocycles. The molecule has 0 fully saturated rings. The average Bonchev–Trinajstić information content (AvgIpc) is 2.41. The second-order valence-electron chi connectivity index (χ2n) is 4.00. The van der Waals surface area contributed by atoms with E-state index in [1.807, 2.05) is 42.0 Å². The maximum Gasteiger partial charge on any atom is 0.173 e. The van der Waals surface area contributed by atoms with Crippen molar-refractivity contribution in [2.45, 2.75) is 13.5 Å². The maximum absolute atomic E-state index is 3.98. The first-order valence-corrected chi connectivity index (χ1v) is 5.95. The monoisotopic (exact) mass is 238 g/mol. The Morgan fingerprint density at radius 1 is 1.22 bits per heavy atom. The van der Waals surface area contributed by atoms with Gasteiger partial charge in [-0.2, -0.15) is 0 Å². The van der Waals surface area contributed by atoms with E-state index in [0.717, 1.165) is 17.7 Å². The molecule has 0 aliphatic carbocycles. The van der Waals surface area contributed by atoms with Gasteiger partial charge in [0.1, 0.15) is 6.72 Å². The minimum absolute atomic E-state index is 0.780. The first-order chi connectivity index (χ1) is 8.69. The van der Waals surface area contributed by atoms with Crippen molar-refractivity contribution in [1.82, 2.24) is 0 Å². The maximum atomic E-state index is 3.98. The summed E-state index contributed by atoms with van der Waals surface area (Å²) in [7, 11) is 0. The number of hydrogen-bond acceptors (Lipinski definition) is 0. The van der Waals surface area contributed by atoms with Gasteiger partial charge in [0.25, 0.3) is 0 Å². The summed E-state index contributed by atoms with van der Waals surface area (Å²) in [6.07, 6.45) is 9.63. The van der Waals surface area contributed by atoms with Crippen LogP contribution in [-0.4, -0.2) is 11.3 Å². The molecule has 0 saturated carbocycles. The largest absolute Gasteiger partial charge is 0.207 e. The Labute approximate surface area is 110 Å². The summed E-state index contributed by atoms with van der Waals surface area (Å²) < 4.78 is 1.90. The smallest absolute Gasteiger partial charge is 0.173 e. The summed E-state index contributed by atoms with van der Waals surface area (Å²) in [6, 6.07) is 8.29. The van der Waals surface area contributed by atoms with Gasteiger partial charge in [-0.15, -0.1) is 0 Å². The van der Waals surface area contributed by atoms with Crippen LogP contribution in [0.1, 0.15) is 18.1 Å². The fraction of sp³-hybridized carbons (Fsp3) is 0.118. The van der Waals surface area contributed by atoms with Gasteiger partial charge in [0, 0.05) is 11.6 Å². The zero-order valence-corrected chi connectivity index (χ0v) is 11.0. The lowest BCUT2D eigenvalue weighted by Gasteiger charge is -1.98. The van der Waals surface area contributed by atoms with Crippen molar-refractivity contribution >= 4 is 12.8 Å². The molecular weight excluding hydrogens is 218 g/mol. The third-order valence-electron chi connectivity index (χ3n) is 2.65. The third kappa shape index (κ3) is 4.38. The van der Waals surface area contributed by atoms with Crippen LogP contribution in [0, 0.1) is 0 Å². The van der Waals surface area contributed by atoms with Crippen molar-refractivity contribution in [3.63, 3.8) is 0 Å². The lowest BCUT2D eigenvalue weighted by Crippen LogP contribution is -2.01. The molecule has 0 unspecified atom stereocenters. The fourth-order valence-electron chi connectivity index (χ4n) is 1.52. The van der Waals surface area contributed by atoms with E-state index in [2.05, 4.69) is 44.1 Å². The Bertz CT molecular complexity index is 487. The van der Waals surface area contributed by atoms with Gasteiger partial charge in [-0.1, -0.05) is 55.7 Å². The molecule has 1 aromatic rings. The predicted octanol–water partition coefficient (Wildman–Crippen LogP) is 4.19.